The van der Waals surface area contributed by atoms with E-state index in [-0.39, 0.29) is 19.7 Å². The van der Waals surface area contributed by atoms with E-state index in [0.717, 1.165) is 0 Å². The molecule has 9 heavy (non-hydrogen) atoms. The van der Waals surface area contributed by atoms with E-state index in [1.165, 1.54) is 13.8 Å². The van der Waals surface area contributed by atoms with Gasteiger partial charge in [-0.1, -0.05) is 0 Å². The Bertz CT molecular complexity index is 88.7. The molecule has 0 aromatic carbocycles. The number of carbonyl (C=O) groups excluding carboxylic acids is 2. The zero-order valence-electron chi connectivity index (χ0n) is 5.52. The van der Waals surface area contributed by atoms with E-state index >= 15 is 0 Å². The molecule has 0 atom stereocenters. The molecule has 0 aliphatic rings. The molecule has 0 rings (SSSR count). The summed E-state index contributed by atoms with van der Waals surface area (Å²) in [7, 11) is 0. The average Bonchev–Trinajstić information content (AvgIpc) is 1.27. The van der Waals surface area contributed by atoms with Crippen LogP contribution in [-0.4, -0.2) is 19.7 Å². The normalized spacial score (nSPS) is 5.56. The summed E-state index contributed by atoms with van der Waals surface area (Å²) in [6, 6.07) is 0. The van der Waals surface area contributed by atoms with Crippen LogP contribution in [0.25, 0.3) is 0 Å². The van der Waals surface area contributed by atoms with Crippen LogP contribution in [0.3, 0.4) is 0 Å². The van der Waals surface area contributed by atoms with Gasteiger partial charge < -0.3 is 11.0 Å². The molecule has 0 aromatic rings. The molecule has 52 valence electrons. The topological polar surface area (TPSA) is 97.1 Å². The molecule has 0 bridgehead atoms. The third-order valence-electron chi connectivity index (χ3n) is 0.498. The summed E-state index contributed by atoms with van der Waals surface area (Å²) in [4.78, 5) is 20.2. The van der Waals surface area contributed by atoms with Crippen LogP contribution in [0.4, 0.5) is 0 Å². The van der Waals surface area contributed by atoms with Gasteiger partial charge in [0, 0.05) is 0 Å². The van der Waals surface area contributed by atoms with Crippen molar-refractivity contribution in [1.82, 2.24) is 0 Å². The standard InChI is InChI=1S/2C2H3O.2H2O.Zn/c2*1-2-3;;;/h2*1H3;2*1H2;. The van der Waals surface area contributed by atoms with Gasteiger partial charge in [0.15, 0.2) is 0 Å². The first-order chi connectivity index (χ1) is 3.13. The fourth-order valence-corrected chi connectivity index (χ4v) is 1.82. The maximum Gasteiger partial charge on any atom is -0.412 e. The van der Waals surface area contributed by atoms with E-state index in [0.29, 0.717) is 0 Å². The van der Waals surface area contributed by atoms with Gasteiger partial charge in [0.25, 0.3) is 0 Å². The molecule has 0 aliphatic carbocycles. The molecular formula is C4H10O4Zn. The first-order valence-electron chi connectivity index (χ1n) is 2.12. The van der Waals surface area contributed by atoms with Crippen molar-refractivity contribution in [3.63, 3.8) is 0 Å². The van der Waals surface area contributed by atoms with Gasteiger partial charge in [0.05, 0.1) is 0 Å². The van der Waals surface area contributed by atoms with Gasteiger partial charge in [0.1, 0.15) is 0 Å². The fraction of sp³-hybridized carbons (Fsp3) is 0.500. The molecule has 0 fully saturated rings. The van der Waals surface area contributed by atoms with E-state index in [1.54, 1.807) is 0 Å². The molecule has 0 aromatic heterocycles. The molecule has 0 radical (unpaired) electrons. The first-order valence-corrected chi connectivity index (χ1v) is 5.08. The quantitative estimate of drug-likeness (QED) is 0.492. The van der Waals surface area contributed by atoms with Crippen LogP contribution in [0, 0.1) is 0 Å². The minimum Gasteiger partial charge on any atom is -0.412 e. The summed E-state index contributed by atoms with van der Waals surface area (Å²) in [5.41, 5.74) is 0. The van der Waals surface area contributed by atoms with E-state index in [4.69, 9.17) is 0 Å². The van der Waals surface area contributed by atoms with Gasteiger partial charge in [-0.25, -0.2) is 0 Å². The number of hydrogen-bond acceptors (Lipinski definition) is 2. The summed E-state index contributed by atoms with van der Waals surface area (Å²) in [5, 5.41) is 0. The molecule has 4 N–H and O–H groups in total. The molecule has 0 aliphatic heterocycles. The van der Waals surface area contributed by atoms with E-state index in [9.17, 15) is 9.59 Å². The van der Waals surface area contributed by atoms with Crippen molar-refractivity contribution < 1.29 is 37.7 Å². The minimum absolute atomic E-state index is 0. The molecule has 5 heteroatoms. The molecule has 0 saturated carbocycles. The number of hydrogen-bond donors (Lipinski definition) is 0. The fourth-order valence-electron chi connectivity index (χ4n) is 0.351. The van der Waals surface area contributed by atoms with Crippen LogP contribution >= 0.6 is 0 Å². The van der Waals surface area contributed by atoms with E-state index in [1.807, 2.05) is 0 Å². The van der Waals surface area contributed by atoms with Crippen LogP contribution in [0.15, 0.2) is 0 Å². The van der Waals surface area contributed by atoms with Crippen LogP contribution in [0.5, 0.6) is 0 Å². The van der Waals surface area contributed by atoms with Gasteiger partial charge in [-0.05, 0) is 0 Å². The largest absolute Gasteiger partial charge is 0.412 e. The molecule has 0 spiro atoms. The van der Waals surface area contributed by atoms with Gasteiger partial charge in [-0.3, -0.25) is 0 Å². The zero-order valence-corrected chi connectivity index (χ0v) is 8.49. The maximum absolute atomic E-state index is 10.1. The molecule has 0 unspecified atom stereocenters. The Balaban J connectivity index is -0.000000180. The Morgan fingerprint density at radius 3 is 1.22 bits per heavy atom. The maximum atomic E-state index is 10.1. The second-order valence-corrected chi connectivity index (χ2v) is 6.50. The number of carbonyl (C=O) groups is 2. The third-order valence-corrected chi connectivity index (χ3v) is 2.59. The predicted octanol–water partition coefficient (Wildman–Crippen LogP) is -1.49. The molecule has 0 heterocycles. The first kappa shape index (κ1) is 15.9. The van der Waals surface area contributed by atoms with Crippen LogP contribution < -0.4 is 0 Å². The van der Waals surface area contributed by atoms with Gasteiger partial charge >= 0.3 is 49.3 Å². The Hall–Kier alpha value is -0.117. The Kier molecular flexibility index (Phi) is 14.0. The SMILES string of the molecule is C[C](=O)[Zn][C](C)=O.O.O. The number of rotatable bonds is 2. The Morgan fingerprint density at radius 2 is 1.22 bits per heavy atom. The second-order valence-electron chi connectivity index (χ2n) is 1.58. The summed E-state index contributed by atoms with van der Waals surface area (Å²) in [6.07, 6.45) is 0. The second kappa shape index (κ2) is 7.88. The van der Waals surface area contributed by atoms with Crippen molar-refractivity contribution in [2.24, 2.45) is 0 Å². The molecular weight excluding hydrogens is 177 g/mol. The monoisotopic (exact) mass is 186 g/mol. The van der Waals surface area contributed by atoms with Crippen molar-refractivity contribution in [2.45, 2.75) is 13.8 Å². The third kappa shape index (κ3) is 18.1. The molecule has 4 nitrogen and oxygen atoms in total. The summed E-state index contributed by atoms with van der Waals surface area (Å²) in [5.74, 6) is 0. The minimum atomic E-state index is -1.38. The van der Waals surface area contributed by atoms with Gasteiger partial charge in [-0.15, -0.1) is 0 Å². The van der Waals surface area contributed by atoms with Crippen LogP contribution in [0.2, 0.25) is 0 Å². The Morgan fingerprint density at radius 1 is 1.00 bits per heavy atom. The van der Waals surface area contributed by atoms with E-state index < -0.39 is 17.1 Å². The smallest absolute Gasteiger partial charge is 0.412 e. The van der Waals surface area contributed by atoms with Crippen LogP contribution in [-0.2, 0) is 26.7 Å². The van der Waals surface area contributed by atoms with Crippen molar-refractivity contribution in [3.05, 3.63) is 0 Å². The van der Waals surface area contributed by atoms with Crippen molar-refractivity contribution in [1.29, 1.82) is 0 Å². The van der Waals surface area contributed by atoms with E-state index in [2.05, 4.69) is 0 Å². The Labute approximate surface area is 60.8 Å². The van der Waals surface area contributed by atoms with Crippen molar-refractivity contribution in [3.8, 4) is 0 Å². The summed E-state index contributed by atoms with van der Waals surface area (Å²) < 4.78 is 0.250. The van der Waals surface area contributed by atoms with Gasteiger partial charge in [0.2, 0.25) is 0 Å². The average molecular weight is 188 g/mol. The summed E-state index contributed by atoms with van der Waals surface area (Å²) in [6.45, 7) is 2.97. The molecule has 0 saturated heterocycles. The molecule has 0 amide bonds. The predicted molar refractivity (Wildman–Crippen MR) is 28.6 cm³/mol. The summed E-state index contributed by atoms with van der Waals surface area (Å²) >= 11 is -1.38. The van der Waals surface area contributed by atoms with Crippen LogP contribution in [0.1, 0.15) is 13.8 Å². The van der Waals surface area contributed by atoms with Gasteiger partial charge in [-0.2, -0.15) is 0 Å². The zero-order chi connectivity index (χ0) is 5.86. The van der Waals surface area contributed by atoms with Crippen molar-refractivity contribution in [2.75, 3.05) is 0 Å². The van der Waals surface area contributed by atoms with Crippen molar-refractivity contribution >= 4 is 8.76 Å².